The molecule has 22 heavy (non-hydrogen) atoms. The standard InChI is InChI=1S/C16H20ClNO4/c1-22-14-9-12(17)5-6-13(14)16(21)18-8-2-3-11(10-18)4-7-15(19)20/h5-6,9,11H,2-4,7-8,10H2,1H3,(H,19,20)/t11-/m0/s1. The lowest BCUT2D eigenvalue weighted by Gasteiger charge is -2.33. The SMILES string of the molecule is COc1cc(Cl)ccc1C(=O)N1CCC[C@@H](CCC(=O)O)C1. The highest BCUT2D eigenvalue weighted by molar-refractivity contribution is 6.30. The summed E-state index contributed by atoms with van der Waals surface area (Å²) in [5.74, 6) is -0.173. The molecule has 0 bridgehead atoms. The first-order valence-corrected chi connectivity index (χ1v) is 7.73. The number of carbonyl (C=O) groups is 2. The van der Waals surface area contributed by atoms with Crippen LogP contribution in [-0.4, -0.2) is 42.1 Å². The van der Waals surface area contributed by atoms with E-state index in [1.807, 2.05) is 0 Å². The summed E-state index contributed by atoms with van der Waals surface area (Å²) < 4.78 is 5.23. The number of methoxy groups -OCH3 is 1. The zero-order valence-corrected chi connectivity index (χ0v) is 13.3. The Morgan fingerprint density at radius 1 is 1.45 bits per heavy atom. The van der Waals surface area contributed by atoms with Crippen molar-refractivity contribution >= 4 is 23.5 Å². The fourth-order valence-electron chi connectivity index (χ4n) is 2.82. The predicted octanol–water partition coefficient (Wildman–Crippen LogP) is 3.07. The maximum absolute atomic E-state index is 12.7. The molecule has 1 saturated heterocycles. The van der Waals surface area contributed by atoms with Crippen LogP contribution < -0.4 is 4.74 Å². The van der Waals surface area contributed by atoms with Gasteiger partial charge in [0.15, 0.2) is 0 Å². The monoisotopic (exact) mass is 325 g/mol. The number of piperidine rings is 1. The van der Waals surface area contributed by atoms with Gasteiger partial charge in [0.2, 0.25) is 0 Å². The smallest absolute Gasteiger partial charge is 0.303 e. The molecule has 0 aliphatic carbocycles. The molecule has 1 atom stereocenters. The van der Waals surface area contributed by atoms with Crippen molar-refractivity contribution in [3.05, 3.63) is 28.8 Å². The van der Waals surface area contributed by atoms with E-state index in [4.69, 9.17) is 21.4 Å². The molecular formula is C16H20ClNO4. The average molecular weight is 326 g/mol. The fraction of sp³-hybridized carbons (Fsp3) is 0.500. The van der Waals surface area contributed by atoms with Gasteiger partial charge < -0.3 is 14.7 Å². The van der Waals surface area contributed by atoms with E-state index in [1.165, 1.54) is 7.11 Å². The van der Waals surface area contributed by atoms with Gasteiger partial charge in [0.1, 0.15) is 5.75 Å². The first kappa shape index (κ1) is 16.6. The Balaban J connectivity index is 2.07. The number of aliphatic carboxylic acids is 1. The van der Waals surface area contributed by atoms with Crippen LogP contribution in [0.3, 0.4) is 0 Å². The Labute approximate surface area is 134 Å². The number of carboxylic acids is 1. The Morgan fingerprint density at radius 2 is 2.23 bits per heavy atom. The van der Waals surface area contributed by atoms with E-state index in [9.17, 15) is 9.59 Å². The largest absolute Gasteiger partial charge is 0.496 e. The normalized spacial score (nSPS) is 18.1. The minimum Gasteiger partial charge on any atom is -0.496 e. The average Bonchev–Trinajstić information content (AvgIpc) is 2.52. The number of halogens is 1. The number of rotatable bonds is 5. The molecule has 6 heteroatoms. The van der Waals surface area contributed by atoms with Gasteiger partial charge in [-0.25, -0.2) is 0 Å². The second kappa shape index (κ2) is 7.49. The minimum absolute atomic E-state index is 0.0893. The second-order valence-electron chi connectivity index (χ2n) is 5.54. The van der Waals surface area contributed by atoms with Crippen LogP contribution in [0, 0.1) is 5.92 Å². The van der Waals surface area contributed by atoms with E-state index in [0.29, 0.717) is 35.8 Å². The van der Waals surface area contributed by atoms with Gasteiger partial charge in [-0.15, -0.1) is 0 Å². The lowest BCUT2D eigenvalue weighted by atomic mass is 9.93. The van der Waals surface area contributed by atoms with E-state index in [1.54, 1.807) is 23.1 Å². The molecule has 1 aromatic rings. The molecule has 1 aromatic carbocycles. The van der Waals surface area contributed by atoms with Crippen molar-refractivity contribution in [1.29, 1.82) is 0 Å². The molecule has 0 aromatic heterocycles. The highest BCUT2D eigenvalue weighted by Gasteiger charge is 2.26. The summed E-state index contributed by atoms with van der Waals surface area (Å²) in [5, 5.41) is 9.30. The fourth-order valence-corrected chi connectivity index (χ4v) is 2.99. The van der Waals surface area contributed by atoms with Gasteiger partial charge >= 0.3 is 5.97 Å². The first-order valence-electron chi connectivity index (χ1n) is 7.36. The van der Waals surface area contributed by atoms with Crippen LogP contribution in [0.4, 0.5) is 0 Å². The van der Waals surface area contributed by atoms with E-state index < -0.39 is 5.97 Å². The quantitative estimate of drug-likeness (QED) is 0.903. The van der Waals surface area contributed by atoms with Crippen molar-refractivity contribution in [1.82, 2.24) is 4.90 Å². The zero-order chi connectivity index (χ0) is 16.1. The van der Waals surface area contributed by atoms with Crippen LogP contribution in [0.1, 0.15) is 36.0 Å². The van der Waals surface area contributed by atoms with Crippen molar-refractivity contribution in [3.8, 4) is 5.75 Å². The summed E-state index contributed by atoms with van der Waals surface area (Å²) in [6.45, 7) is 1.28. The van der Waals surface area contributed by atoms with Crippen LogP contribution in [0.5, 0.6) is 5.75 Å². The number of ether oxygens (including phenoxy) is 1. The zero-order valence-electron chi connectivity index (χ0n) is 12.5. The lowest BCUT2D eigenvalue weighted by molar-refractivity contribution is -0.137. The maximum Gasteiger partial charge on any atom is 0.303 e. The third-order valence-corrected chi connectivity index (χ3v) is 4.20. The van der Waals surface area contributed by atoms with Crippen LogP contribution in [-0.2, 0) is 4.79 Å². The summed E-state index contributed by atoms with van der Waals surface area (Å²) in [4.78, 5) is 25.1. The number of carboxylic acid groups (broad SMARTS) is 1. The van der Waals surface area contributed by atoms with Crippen LogP contribution in [0.25, 0.3) is 0 Å². The Morgan fingerprint density at radius 3 is 2.91 bits per heavy atom. The van der Waals surface area contributed by atoms with Gasteiger partial charge in [-0.3, -0.25) is 9.59 Å². The molecule has 0 spiro atoms. The number of amides is 1. The van der Waals surface area contributed by atoms with Gasteiger partial charge in [0.05, 0.1) is 12.7 Å². The minimum atomic E-state index is -0.789. The van der Waals surface area contributed by atoms with Crippen LogP contribution in [0.15, 0.2) is 18.2 Å². The van der Waals surface area contributed by atoms with Gasteiger partial charge in [-0.05, 0) is 43.4 Å². The second-order valence-corrected chi connectivity index (χ2v) is 5.97. The molecular weight excluding hydrogens is 306 g/mol. The number of carbonyl (C=O) groups excluding carboxylic acids is 1. The van der Waals surface area contributed by atoms with Gasteiger partial charge in [0.25, 0.3) is 5.91 Å². The van der Waals surface area contributed by atoms with Crippen LogP contribution in [0.2, 0.25) is 5.02 Å². The van der Waals surface area contributed by atoms with Crippen LogP contribution >= 0.6 is 11.6 Å². The third kappa shape index (κ3) is 4.13. The Hall–Kier alpha value is -1.75. The molecule has 0 radical (unpaired) electrons. The number of likely N-dealkylation sites (tertiary alicyclic amines) is 1. The molecule has 2 rings (SSSR count). The molecule has 120 valence electrons. The highest BCUT2D eigenvalue weighted by atomic mass is 35.5. The number of hydrogen-bond acceptors (Lipinski definition) is 3. The lowest BCUT2D eigenvalue weighted by Crippen LogP contribution is -2.40. The van der Waals surface area contributed by atoms with E-state index >= 15 is 0 Å². The summed E-state index contributed by atoms with van der Waals surface area (Å²) in [5.41, 5.74) is 0.491. The molecule has 1 fully saturated rings. The molecule has 1 N–H and O–H groups in total. The van der Waals surface area contributed by atoms with Crippen molar-refractivity contribution in [2.45, 2.75) is 25.7 Å². The summed E-state index contributed by atoms with van der Waals surface area (Å²) in [6.07, 6.45) is 2.62. The molecule has 1 amide bonds. The van der Waals surface area contributed by atoms with Crippen molar-refractivity contribution in [2.24, 2.45) is 5.92 Å². The maximum atomic E-state index is 12.7. The van der Waals surface area contributed by atoms with Gasteiger partial charge in [-0.2, -0.15) is 0 Å². The summed E-state index contributed by atoms with van der Waals surface area (Å²) in [6, 6.07) is 4.97. The molecule has 0 unspecified atom stereocenters. The molecule has 5 nitrogen and oxygen atoms in total. The van der Waals surface area contributed by atoms with Crippen molar-refractivity contribution in [2.75, 3.05) is 20.2 Å². The summed E-state index contributed by atoms with van der Waals surface area (Å²) >= 11 is 5.92. The molecule has 0 saturated carbocycles. The van der Waals surface area contributed by atoms with E-state index in [2.05, 4.69) is 0 Å². The van der Waals surface area contributed by atoms with Crippen molar-refractivity contribution < 1.29 is 19.4 Å². The molecule has 1 aliphatic heterocycles. The molecule has 1 aliphatic rings. The highest BCUT2D eigenvalue weighted by Crippen LogP contribution is 2.27. The first-order chi connectivity index (χ1) is 10.5. The number of hydrogen-bond donors (Lipinski definition) is 1. The Bertz CT molecular complexity index is 561. The van der Waals surface area contributed by atoms with Gasteiger partial charge in [-0.1, -0.05) is 11.6 Å². The predicted molar refractivity (Wildman–Crippen MR) is 83.5 cm³/mol. The van der Waals surface area contributed by atoms with Crippen molar-refractivity contribution in [3.63, 3.8) is 0 Å². The Kier molecular flexibility index (Phi) is 5.66. The van der Waals surface area contributed by atoms with E-state index in [-0.39, 0.29) is 18.2 Å². The molecule has 1 heterocycles. The van der Waals surface area contributed by atoms with Gasteiger partial charge in [0, 0.05) is 24.5 Å². The third-order valence-electron chi connectivity index (χ3n) is 3.97. The van der Waals surface area contributed by atoms with E-state index in [0.717, 1.165) is 12.8 Å². The number of nitrogens with zero attached hydrogens (tertiary/aromatic N) is 1. The summed E-state index contributed by atoms with van der Waals surface area (Å²) in [7, 11) is 1.51. The number of benzene rings is 1. The topological polar surface area (TPSA) is 66.8 Å².